The van der Waals surface area contributed by atoms with E-state index in [0.717, 1.165) is 30.8 Å². The third-order valence-corrected chi connectivity index (χ3v) is 5.72. The molecule has 3 nitrogen and oxygen atoms in total. The normalized spacial score (nSPS) is 16.1. The fraction of sp³-hybridized carbons (Fsp3) is 0.353. The van der Waals surface area contributed by atoms with Crippen molar-refractivity contribution in [2.45, 2.75) is 32.9 Å². The van der Waals surface area contributed by atoms with Crippen LogP contribution in [0.3, 0.4) is 0 Å². The molecule has 0 aliphatic carbocycles. The highest BCUT2D eigenvalue weighted by Crippen LogP contribution is 2.26. The van der Waals surface area contributed by atoms with Gasteiger partial charge < -0.3 is 5.32 Å². The molecule has 5 heteroatoms. The van der Waals surface area contributed by atoms with E-state index in [1.807, 2.05) is 43.4 Å². The Kier molecular flexibility index (Phi) is 4.52. The lowest BCUT2D eigenvalue weighted by Crippen LogP contribution is -2.44. The molecular weight excluding hydrogens is 316 g/mol. The first-order valence-electron chi connectivity index (χ1n) is 7.41. The summed E-state index contributed by atoms with van der Waals surface area (Å²) in [5, 5.41) is 5.81. The topological polar surface area (TPSA) is 32.3 Å². The van der Waals surface area contributed by atoms with Crippen LogP contribution in [-0.4, -0.2) is 23.4 Å². The van der Waals surface area contributed by atoms with Gasteiger partial charge in [0.2, 0.25) is 5.91 Å². The van der Waals surface area contributed by atoms with Crippen molar-refractivity contribution in [3.05, 3.63) is 50.7 Å². The molecule has 22 heavy (non-hydrogen) atoms. The summed E-state index contributed by atoms with van der Waals surface area (Å²) >= 11 is 7.92. The van der Waals surface area contributed by atoms with E-state index < -0.39 is 0 Å². The van der Waals surface area contributed by atoms with Crippen molar-refractivity contribution in [2.75, 3.05) is 11.9 Å². The van der Waals surface area contributed by atoms with Crippen molar-refractivity contribution < 1.29 is 4.79 Å². The molecule has 1 amide bonds. The van der Waals surface area contributed by atoms with Crippen molar-refractivity contribution in [3.63, 3.8) is 0 Å². The molecular formula is C17H19ClN2OS. The van der Waals surface area contributed by atoms with E-state index in [4.69, 9.17) is 11.6 Å². The van der Waals surface area contributed by atoms with Gasteiger partial charge in [0.15, 0.2) is 0 Å². The van der Waals surface area contributed by atoms with Crippen LogP contribution in [0.2, 0.25) is 5.02 Å². The van der Waals surface area contributed by atoms with Gasteiger partial charge in [-0.15, -0.1) is 11.3 Å². The number of rotatable bonds is 3. The summed E-state index contributed by atoms with van der Waals surface area (Å²) in [6.45, 7) is 5.66. The summed E-state index contributed by atoms with van der Waals surface area (Å²) in [5.41, 5.74) is 3.05. The Morgan fingerprint density at radius 2 is 2.23 bits per heavy atom. The second-order valence-corrected chi connectivity index (χ2v) is 7.07. The maximum Gasteiger partial charge on any atom is 0.241 e. The number of amides is 1. The van der Waals surface area contributed by atoms with Crippen molar-refractivity contribution in [2.24, 2.45) is 0 Å². The minimum Gasteiger partial charge on any atom is -0.324 e. The predicted molar refractivity (Wildman–Crippen MR) is 92.7 cm³/mol. The van der Waals surface area contributed by atoms with E-state index in [1.165, 1.54) is 10.4 Å². The van der Waals surface area contributed by atoms with Crippen LogP contribution in [0.4, 0.5) is 5.69 Å². The number of hydrogen-bond donors (Lipinski definition) is 1. The SMILES string of the molecule is Cc1c(Cl)cccc1NC(=O)[C@@H](C)N1CCc2sccc2C1. The third kappa shape index (κ3) is 3.05. The molecule has 3 rings (SSSR count). The minimum absolute atomic E-state index is 0.0176. The van der Waals surface area contributed by atoms with Crippen molar-refractivity contribution >= 4 is 34.5 Å². The maximum absolute atomic E-state index is 12.5. The Morgan fingerprint density at radius 3 is 3.05 bits per heavy atom. The molecule has 1 aromatic carbocycles. The minimum atomic E-state index is -0.161. The molecule has 0 spiro atoms. The number of anilines is 1. The van der Waals surface area contributed by atoms with E-state index in [1.54, 1.807) is 0 Å². The first-order valence-corrected chi connectivity index (χ1v) is 8.67. The Bertz CT molecular complexity index is 698. The monoisotopic (exact) mass is 334 g/mol. The van der Waals surface area contributed by atoms with Gasteiger partial charge in [-0.1, -0.05) is 17.7 Å². The highest BCUT2D eigenvalue weighted by molar-refractivity contribution is 7.10. The smallest absolute Gasteiger partial charge is 0.241 e. The zero-order valence-corrected chi connectivity index (χ0v) is 14.3. The van der Waals surface area contributed by atoms with Gasteiger partial charge in [-0.3, -0.25) is 9.69 Å². The number of halogens is 1. The second kappa shape index (κ2) is 6.41. The van der Waals surface area contributed by atoms with Gasteiger partial charge >= 0.3 is 0 Å². The van der Waals surface area contributed by atoms with Crippen LogP contribution in [0.5, 0.6) is 0 Å². The Balaban J connectivity index is 1.69. The Labute approximate surface area is 139 Å². The van der Waals surface area contributed by atoms with Gasteiger partial charge in [0.1, 0.15) is 0 Å². The average molecular weight is 335 g/mol. The summed E-state index contributed by atoms with van der Waals surface area (Å²) in [5.74, 6) is 0.0176. The number of nitrogens with one attached hydrogen (secondary N) is 1. The van der Waals surface area contributed by atoms with Crippen LogP contribution in [0.25, 0.3) is 0 Å². The van der Waals surface area contributed by atoms with Crippen LogP contribution < -0.4 is 5.32 Å². The lowest BCUT2D eigenvalue weighted by molar-refractivity contribution is -0.121. The van der Waals surface area contributed by atoms with Crippen LogP contribution in [-0.2, 0) is 17.8 Å². The molecule has 1 aliphatic heterocycles. The molecule has 1 atom stereocenters. The zero-order valence-electron chi connectivity index (χ0n) is 12.7. The molecule has 2 heterocycles. The number of thiophene rings is 1. The quantitative estimate of drug-likeness (QED) is 0.916. The van der Waals surface area contributed by atoms with Crippen LogP contribution in [0.15, 0.2) is 29.6 Å². The highest BCUT2D eigenvalue weighted by Gasteiger charge is 2.26. The number of fused-ring (bicyclic) bond motifs is 1. The summed E-state index contributed by atoms with van der Waals surface area (Å²) in [7, 11) is 0. The van der Waals surface area contributed by atoms with E-state index in [9.17, 15) is 4.79 Å². The van der Waals surface area contributed by atoms with Gasteiger partial charge in [0, 0.05) is 28.7 Å². The van der Waals surface area contributed by atoms with E-state index in [0.29, 0.717) is 5.02 Å². The molecule has 0 saturated heterocycles. The maximum atomic E-state index is 12.5. The molecule has 0 radical (unpaired) electrons. The summed E-state index contributed by atoms with van der Waals surface area (Å²) < 4.78 is 0. The molecule has 0 unspecified atom stereocenters. The lowest BCUT2D eigenvalue weighted by Gasteiger charge is -2.31. The zero-order chi connectivity index (χ0) is 15.7. The number of nitrogens with zero attached hydrogens (tertiary/aromatic N) is 1. The summed E-state index contributed by atoms with van der Waals surface area (Å²) in [6.07, 6.45) is 1.03. The molecule has 0 fully saturated rings. The van der Waals surface area contributed by atoms with E-state index >= 15 is 0 Å². The summed E-state index contributed by atoms with van der Waals surface area (Å²) in [4.78, 5) is 16.2. The molecule has 1 aromatic heterocycles. The number of carbonyl (C=O) groups is 1. The molecule has 0 saturated carbocycles. The van der Waals surface area contributed by atoms with Crippen molar-refractivity contribution in [1.29, 1.82) is 0 Å². The highest BCUT2D eigenvalue weighted by atomic mass is 35.5. The van der Waals surface area contributed by atoms with E-state index in [2.05, 4.69) is 21.7 Å². The third-order valence-electron chi connectivity index (χ3n) is 4.29. The molecule has 1 N–H and O–H groups in total. The first kappa shape index (κ1) is 15.5. The second-order valence-electron chi connectivity index (χ2n) is 5.67. The molecule has 2 aromatic rings. The van der Waals surface area contributed by atoms with Crippen LogP contribution in [0.1, 0.15) is 22.9 Å². The first-order chi connectivity index (χ1) is 10.6. The van der Waals surface area contributed by atoms with Gasteiger partial charge in [0.25, 0.3) is 0 Å². The fourth-order valence-corrected chi connectivity index (χ4v) is 3.81. The van der Waals surface area contributed by atoms with Crippen molar-refractivity contribution in [1.82, 2.24) is 4.90 Å². The largest absolute Gasteiger partial charge is 0.324 e. The van der Waals surface area contributed by atoms with Gasteiger partial charge in [-0.05, 0) is 55.0 Å². The Hall–Kier alpha value is -1.36. The fourth-order valence-electron chi connectivity index (χ4n) is 2.75. The van der Waals surface area contributed by atoms with Gasteiger partial charge in [0.05, 0.1) is 6.04 Å². The average Bonchev–Trinajstić information content (AvgIpc) is 2.98. The van der Waals surface area contributed by atoms with Gasteiger partial charge in [-0.2, -0.15) is 0 Å². The summed E-state index contributed by atoms with van der Waals surface area (Å²) in [6, 6.07) is 7.58. The van der Waals surface area contributed by atoms with E-state index in [-0.39, 0.29) is 11.9 Å². The standard InChI is InChI=1S/C17H19ClN2OS/c1-11-14(18)4-3-5-15(11)19-17(21)12(2)20-8-6-16-13(10-20)7-9-22-16/h3-5,7,9,12H,6,8,10H2,1-2H3,(H,19,21)/t12-/m1/s1. The number of hydrogen-bond acceptors (Lipinski definition) is 3. The molecule has 116 valence electrons. The van der Waals surface area contributed by atoms with Crippen LogP contribution >= 0.6 is 22.9 Å². The van der Waals surface area contributed by atoms with Gasteiger partial charge in [-0.25, -0.2) is 0 Å². The number of benzene rings is 1. The lowest BCUT2D eigenvalue weighted by atomic mass is 10.1. The van der Waals surface area contributed by atoms with Crippen molar-refractivity contribution in [3.8, 4) is 0 Å². The number of carbonyl (C=O) groups excluding carboxylic acids is 1. The molecule has 1 aliphatic rings. The molecule has 0 bridgehead atoms. The Morgan fingerprint density at radius 1 is 1.41 bits per heavy atom. The van der Waals surface area contributed by atoms with Crippen LogP contribution in [0, 0.1) is 6.92 Å². The predicted octanol–water partition coefficient (Wildman–Crippen LogP) is 4.10.